The van der Waals surface area contributed by atoms with Gasteiger partial charge in [0.2, 0.25) is 6.26 Å². The molecule has 0 fully saturated rings. The number of aryl methyl sites for hydroxylation is 1. The van der Waals surface area contributed by atoms with Crippen LogP contribution in [0.3, 0.4) is 0 Å². The minimum absolute atomic E-state index is 1.07. The van der Waals surface area contributed by atoms with Crippen LogP contribution in [0, 0.1) is 0 Å². The number of fused-ring (bicyclic) bond motifs is 1. The smallest absolute Gasteiger partial charge is 0.280 e. The largest absolute Gasteiger partial charge is 0.551 e. The van der Waals surface area contributed by atoms with E-state index >= 15 is 0 Å². The van der Waals surface area contributed by atoms with Crippen LogP contribution < -0.4 is 4.57 Å². The first-order valence-electron chi connectivity index (χ1n) is 3.23. The normalized spacial score (nSPS) is 10.5. The fourth-order valence-corrected chi connectivity index (χ4v) is 1.06. The van der Waals surface area contributed by atoms with E-state index in [1.807, 2.05) is 36.2 Å². The van der Waals surface area contributed by atoms with Crippen molar-refractivity contribution in [3.63, 3.8) is 0 Å². The summed E-state index contributed by atoms with van der Waals surface area (Å²) < 4.78 is 6.16. The van der Waals surface area contributed by atoms with Gasteiger partial charge in [0.25, 0.3) is 5.58 Å². The second-order valence-corrected chi connectivity index (χ2v) is 2.40. The molecule has 0 aliphatic heterocycles. The van der Waals surface area contributed by atoms with Crippen LogP contribution in [0.15, 0.2) is 35.2 Å². The van der Waals surface area contributed by atoms with Crippen LogP contribution in [0.5, 0.6) is 0 Å². The van der Waals surface area contributed by atoms with Crippen LogP contribution in [-0.2, 0) is 7.05 Å². The van der Waals surface area contributed by atoms with Gasteiger partial charge in [-0.1, -0.05) is 0 Å². The maximum atomic E-state index is 4.15. The van der Waals surface area contributed by atoms with Crippen LogP contribution in [0.4, 0.5) is 0 Å². The molecule has 0 amide bonds. The quantitative estimate of drug-likeness (QED) is 0.383. The van der Waals surface area contributed by atoms with E-state index in [0.717, 1.165) is 5.58 Å². The number of furan rings is 1. The molecule has 2 heterocycles. The third kappa shape index (κ3) is 0.692. The van der Waals surface area contributed by atoms with Gasteiger partial charge in [-0.2, -0.15) is 0 Å². The van der Waals surface area contributed by atoms with E-state index < -0.39 is 0 Å². The second kappa shape index (κ2) is 1.84. The highest BCUT2D eigenvalue weighted by atomic mass is 16.3. The van der Waals surface area contributed by atoms with Crippen molar-refractivity contribution in [3.05, 3.63) is 30.8 Å². The highest BCUT2D eigenvalue weighted by Crippen LogP contribution is 2.10. The van der Waals surface area contributed by atoms with E-state index in [0.29, 0.717) is 0 Å². The summed E-state index contributed by atoms with van der Waals surface area (Å²) in [6.45, 7) is 0. The van der Waals surface area contributed by atoms with Crippen LogP contribution in [0.1, 0.15) is 0 Å². The second-order valence-electron chi connectivity index (χ2n) is 2.40. The summed E-state index contributed by atoms with van der Waals surface area (Å²) in [5.41, 5.74) is 1.07. The summed E-state index contributed by atoms with van der Waals surface area (Å²) in [6.07, 6.45) is 5.88. The molecule has 0 radical (unpaired) electrons. The van der Waals surface area contributed by atoms with E-state index in [9.17, 15) is 0 Å². The van der Waals surface area contributed by atoms with Gasteiger partial charge in [0.05, 0.1) is 6.07 Å². The highest BCUT2D eigenvalue weighted by Gasteiger charge is 2.04. The van der Waals surface area contributed by atoms with Gasteiger partial charge >= 0.3 is 0 Å². The molecular formula is C8H9NO+2. The van der Waals surface area contributed by atoms with E-state index in [-0.39, 0.29) is 0 Å². The van der Waals surface area contributed by atoms with E-state index in [4.69, 9.17) is 0 Å². The van der Waals surface area contributed by atoms with Crippen LogP contribution in [0.2, 0.25) is 0 Å². The molecule has 0 saturated carbocycles. The van der Waals surface area contributed by atoms with Gasteiger partial charge in [-0.25, -0.2) is 4.57 Å². The molecule has 0 spiro atoms. The zero-order valence-electron chi connectivity index (χ0n) is 5.78. The van der Waals surface area contributed by atoms with Crippen molar-refractivity contribution in [1.29, 1.82) is 0 Å². The molecule has 50 valence electrons. The molecule has 0 unspecified atom stereocenters. The Balaban J connectivity index is 2.86. The van der Waals surface area contributed by atoms with Gasteiger partial charge in [0, 0.05) is 6.07 Å². The zero-order chi connectivity index (χ0) is 6.97. The molecule has 0 atom stereocenters. The van der Waals surface area contributed by atoms with Crippen molar-refractivity contribution in [2.75, 3.05) is 0 Å². The van der Waals surface area contributed by atoms with Gasteiger partial charge in [-0.3, -0.25) is 0 Å². The monoisotopic (exact) mass is 135 g/mol. The van der Waals surface area contributed by atoms with Crippen molar-refractivity contribution in [2.24, 2.45) is 7.05 Å². The van der Waals surface area contributed by atoms with Gasteiger partial charge < -0.3 is 4.42 Å². The number of aromatic nitrogens is 1. The number of hydrogen-bond donors (Lipinski definition) is 0. The molecule has 0 aliphatic rings. The number of hydrogen-bond acceptors (Lipinski definition) is 0. The van der Waals surface area contributed by atoms with Gasteiger partial charge in [-0.05, 0) is 0 Å². The molecule has 1 N–H and O–H groups in total. The Labute approximate surface area is 58.7 Å². The van der Waals surface area contributed by atoms with Crippen LogP contribution in [0.25, 0.3) is 11.0 Å². The Bertz CT molecular complexity index is 351. The lowest BCUT2D eigenvalue weighted by atomic mass is 10.3. The van der Waals surface area contributed by atoms with E-state index in [2.05, 4.69) is 10.6 Å². The predicted molar refractivity (Wildman–Crippen MR) is 38.5 cm³/mol. The summed E-state index contributed by atoms with van der Waals surface area (Å²) in [5, 5.41) is 1.20. The van der Waals surface area contributed by atoms with Gasteiger partial charge in [-0.15, -0.1) is 0 Å². The SMILES string of the molecule is C[n+]1ccc2[oH+]ccc2c1. The molecule has 2 rings (SSSR count). The molecule has 0 saturated heterocycles. The average molecular weight is 135 g/mol. The third-order valence-electron chi connectivity index (χ3n) is 1.57. The maximum absolute atomic E-state index is 4.15. The van der Waals surface area contributed by atoms with Crippen LogP contribution in [-0.4, -0.2) is 0 Å². The Morgan fingerprint density at radius 1 is 1.40 bits per heavy atom. The fraction of sp³-hybridized carbons (Fsp3) is 0.125. The minimum atomic E-state index is 1.07. The summed E-state index contributed by atoms with van der Waals surface area (Å²) in [5.74, 6) is 0. The zero-order valence-corrected chi connectivity index (χ0v) is 5.78. The first-order chi connectivity index (χ1) is 4.86. The van der Waals surface area contributed by atoms with Crippen molar-refractivity contribution in [1.82, 2.24) is 0 Å². The number of rotatable bonds is 0. The lowest BCUT2D eigenvalue weighted by Gasteiger charge is -1.81. The molecule has 0 bridgehead atoms. The van der Waals surface area contributed by atoms with Crippen molar-refractivity contribution in [3.8, 4) is 0 Å². The Morgan fingerprint density at radius 3 is 3.20 bits per heavy atom. The standard InChI is InChI=1S/C8H8NO/c1-9-4-2-8-7(6-9)3-5-10-8/h2-6H,1H3/q+1/p+1. The average Bonchev–Trinajstić information content (AvgIpc) is 2.33. The summed E-state index contributed by atoms with van der Waals surface area (Å²) >= 11 is 0. The molecule has 10 heavy (non-hydrogen) atoms. The Hall–Kier alpha value is -1.31. The van der Waals surface area contributed by atoms with E-state index in [1.54, 1.807) is 0 Å². The Morgan fingerprint density at radius 2 is 2.30 bits per heavy atom. The molecular weight excluding hydrogens is 126 g/mol. The first-order valence-corrected chi connectivity index (χ1v) is 3.23. The fourth-order valence-electron chi connectivity index (χ4n) is 1.06. The summed E-state index contributed by atoms with van der Waals surface area (Å²) in [7, 11) is 2.01. The number of nitrogens with zero attached hydrogens (tertiary/aromatic N) is 1. The van der Waals surface area contributed by atoms with E-state index in [1.165, 1.54) is 5.39 Å². The molecule has 0 aliphatic carbocycles. The van der Waals surface area contributed by atoms with Crippen molar-refractivity contribution < 1.29 is 8.98 Å². The number of pyridine rings is 1. The lowest BCUT2D eigenvalue weighted by molar-refractivity contribution is -0.670. The third-order valence-corrected chi connectivity index (χ3v) is 1.57. The van der Waals surface area contributed by atoms with Gasteiger partial charge in [0.1, 0.15) is 12.4 Å². The topological polar surface area (TPSA) is 16.7 Å². The van der Waals surface area contributed by atoms with Gasteiger partial charge in [0.15, 0.2) is 12.4 Å². The molecule has 2 aromatic rings. The van der Waals surface area contributed by atoms with Crippen molar-refractivity contribution >= 4 is 11.0 Å². The Kier molecular flexibility index (Phi) is 1.01. The predicted octanol–water partition coefficient (Wildman–Crippen LogP) is 1.37. The molecule has 2 nitrogen and oxygen atoms in total. The maximum Gasteiger partial charge on any atom is 0.280 e. The first kappa shape index (κ1) is 5.47. The summed E-state index contributed by atoms with van der Waals surface area (Å²) in [6, 6.07) is 4.02. The van der Waals surface area contributed by atoms with Crippen LogP contribution >= 0.6 is 0 Å². The highest BCUT2D eigenvalue weighted by molar-refractivity contribution is 5.74. The lowest BCUT2D eigenvalue weighted by Crippen LogP contribution is -2.25. The molecule has 0 aromatic carbocycles. The van der Waals surface area contributed by atoms with Crippen molar-refractivity contribution in [2.45, 2.75) is 0 Å². The summed E-state index contributed by atoms with van der Waals surface area (Å²) in [4.78, 5) is 0. The molecule has 2 aromatic heterocycles. The molecule has 2 heteroatoms. The minimum Gasteiger partial charge on any atom is -0.551 e.